The van der Waals surface area contributed by atoms with Crippen LogP contribution in [0.5, 0.6) is 0 Å². The summed E-state index contributed by atoms with van der Waals surface area (Å²) in [5.41, 5.74) is 6.90. The maximum Gasteiger partial charge on any atom is 0.213 e. The first-order chi connectivity index (χ1) is 8.74. The molecule has 0 radical (unpaired) electrons. The second kappa shape index (κ2) is 4.30. The molecule has 6 heteroatoms. The lowest BCUT2D eigenvalue weighted by molar-refractivity contribution is 0.970. The Bertz CT molecular complexity index is 707. The van der Waals surface area contributed by atoms with Crippen LogP contribution >= 0.6 is 11.8 Å². The number of nitrogen functional groups attached to an aromatic ring is 1. The lowest BCUT2D eigenvalue weighted by Crippen LogP contribution is -1.91. The Balaban J connectivity index is 2.04. The first-order valence-electron chi connectivity index (χ1n) is 5.43. The fourth-order valence-corrected chi connectivity index (χ4v) is 2.55. The van der Waals surface area contributed by atoms with Crippen molar-refractivity contribution < 1.29 is 0 Å². The quantitative estimate of drug-likeness (QED) is 0.689. The fraction of sp³-hybridized carbons (Fsp3) is 0.0833. The highest BCUT2D eigenvalue weighted by Gasteiger charge is 2.08. The van der Waals surface area contributed by atoms with Crippen molar-refractivity contribution in [1.82, 2.24) is 20.2 Å². The number of nitrogens with two attached hydrogens (primary N) is 1. The van der Waals surface area contributed by atoms with Crippen LogP contribution in [0.1, 0.15) is 5.82 Å². The number of anilines is 1. The van der Waals surface area contributed by atoms with Gasteiger partial charge in [-0.25, -0.2) is 4.98 Å². The van der Waals surface area contributed by atoms with Gasteiger partial charge in [0.1, 0.15) is 5.82 Å². The van der Waals surface area contributed by atoms with Crippen molar-refractivity contribution >= 4 is 28.2 Å². The van der Waals surface area contributed by atoms with E-state index in [-0.39, 0.29) is 0 Å². The molecule has 0 aliphatic carbocycles. The highest BCUT2D eigenvalue weighted by atomic mass is 32.2. The summed E-state index contributed by atoms with van der Waals surface area (Å²) < 4.78 is 0. The van der Waals surface area contributed by atoms with Crippen LogP contribution in [0.4, 0.5) is 5.69 Å². The van der Waals surface area contributed by atoms with Crippen molar-refractivity contribution in [2.45, 2.75) is 17.0 Å². The highest BCUT2D eigenvalue weighted by Crippen LogP contribution is 2.34. The van der Waals surface area contributed by atoms with E-state index in [1.54, 1.807) is 12.4 Å². The number of pyridine rings is 1. The maximum atomic E-state index is 6.16. The first-order valence-corrected chi connectivity index (χ1v) is 6.25. The number of rotatable bonds is 2. The Kier molecular flexibility index (Phi) is 2.64. The molecule has 2 heterocycles. The second-order valence-electron chi connectivity index (χ2n) is 3.88. The number of aryl methyl sites for hydroxylation is 1. The van der Waals surface area contributed by atoms with E-state index in [0.29, 0.717) is 5.16 Å². The van der Waals surface area contributed by atoms with Crippen molar-refractivity contribution in [2.24, 2.45) is 0 Å². The number of hydrogen-bond donors (Lipinski definition) is 2. The van der Waals surface area contributed by atoms with Gasteiger partial charge in [0.15, 0.2) is 0 Å². The van der Waals surface area contributed by atoms with E-state index in [4.69, 9.17) is 5.73 Å². The van der Waals surface area contributed by atoms with Gasteiger partial charge in [-0.3, -0.25) is 10.1 Å². The normalized spacial score (nSPS) is 10.9. The summed E-state index contributed by atoms with van der Waals surface area (Å²) in [6, 6.07) is 5.88. The Morgan fingerprint density at radius 2 is 2.17 bits per heavy atom. The summed E-state index contributed by atoms with van der Waals surface area (Å²) in [6.45, 7) is 1.87. The summed E-state index contributed by atoms with van der Waals surface area (Å²) in [5.74, 6) is 0.793. The molecule has 2 aromatic heterocycles. The van der Waals surface area contributed by atoms with Gasteiger partial charge in [-0.1, -0.05) is 6.07 Å². The van der Waals surface area contributed by atoms with E-state index < -0.39 is 0 Å². The van der Waals surface area contributed by atoms with Crippen LogP contribution in [0.25, 0.3) is 10.8 Å². The van der Waals surface area contributed by atoms with Crippen LogP contribution in [0, 0.1) is 6.92 Å². The maximum absolute atomic E-state index is 6.16. The standard InChI is InChI=1S/C12H11N5S/c1-7-15-12(17-16-7)18-10-3-2-8-6-14-5-4-9(8)11(10)13/h2-6H,13H2,1H3,(H,15,16,17). The van der Waals surface area contributed by atoms with Crippen molar-refractivity contribution in [1.29, 1.82) is 0 Å². The molecule has 1 aromatic carbocycles. The highest BCUT2D eigenvalue weighted by molar-refractivity contribution is 7.99. The molecule has 0 fully saturated rings. The van der Waals surface area contributed by atoms with Gasteiger partial charge in [0, 0.05) is 28.1 Å². The number of benzene rings is 1. The molecule has 0 saturated carbocycles. The third kappa shape index (κ3) is 1.91. The molecular formula is C12H11N5S. The number of nitrogens with one attached hydrogen (secondary N) is 1. The van der Waals surface area contributed by atoms with Crippen LogP contribution in [0.2, 0.25) is 0 Å². The molecule has 90 valence electrons. The zero-order valence-electron chi connectivity index (χ0n) is 9.71. The van der Waals surface area contributed by atoms with Gasteiger partial charge in [-0.15, -0.1) is 5.10 Å². The molecule has 0 unspecified atom stereocenters. The zero-order chi connectivity index (χ0) is 12.5. The smallest absolute Gasteiger partial charge is 0.213 e. The molecule has 0 amide bonds. The summed E-state index contributed by atoms with van der Waals surface area (Å²) in [7, 11) is 0. The monoisotopic (exact) mass is 257 g/mol. The number of hydrogen-bond acceptors (Lipinski definition) is 5. The van der Waals surface area contributed by atoms with Gasteiger partial charge in [0.25, 0.3) is 0 Å². The van der Waals surface area contributed by atoms with Gasteiger partial charge in [0.05, 0.1) is 5.69 Å². The van der Waals surface area contributed by atoms with Crippen molar-refractivity contribution in [3.63, 3.8) is 0 Å². The first kappa shape index (κ1) is 11.0. The molecular weight excluding hydrogens is 246 g/mol. The van der Waals surface area contributed by atoms with Crippen molar-refractivity contribution in [3.8, 4) is 0 Å². The molecule has 0 spiro atoms. The molecule has 5 nitrogen and oxygen atoms in total. The second-order valence-corrected chi connectivity index (χ2v) is 4.89. The summed E-state index contributed by atoms with van der Waals surface area (Å²) in [6.07, 6.45) is 3.54. The largest absolute Gasteiger partial charge is 0.397 e. The molecule has 0 saturated heterocycles. The molecule has 3 N–H and O–H groups in total. The lowest BCUT2D eigenvalue weighted by atomic mass is 10.1. The van der Waals surface area contributed by atoms with Crippen molar-refractivity contribution in [3.05, 3.63) is 36.4 Å². The number of fused-ring (bicyclic) bond motifs is 1. The van der Waals surface area contributed by atoms with Crippen LogP contribution in [-0.2, 0) is 0 Å². The van der Waals surface area contributed by atoms with Crippen LogP contribution in [0.15, 0.2) is 40.6 Å². The molecule has 0 atom stereocenters. The topological polar surface area (TPSA) is 80.5 Å². The van der Waals surface area contributed by atoms with Crippen LogP contribution in [-0.4, -0.2) is 20.2 Å². The van der Waals surface area contributed by atoms with E-state index in [1.807, 2.05) is 25.1 Å². The van der Waals surface area contributed by atoms with E-state index in [2.05, 4.69) is 20.2 Å². The van der Waals surface area contributed by atoms with E-state index in [9.17, 15) is 0 Å². The van der Waals surface area contributed by atoms with Gasteiger partial charge in [-0.05, 0) is 30.8 Å². The number of aromatic nitrogens is 4. The van der Waals surface area contributed by atoms with Crippen LogP contribution < -0.4 is 5.73 Å². The SMILES string of the molecule is Cc1nc(Sc2ccc3cnccc3c2N)n[nH]1. The minimum absolute atomic E-state index is 0.674. The van der Waals surface area contributed by atoms with Gasteiger partial charge < -0.3 is 5.73 Å². The molecule has 3 aromatic rings. The predicted molar refractivity (Wildman–Crippen MR) is 71.4 cm³/mol. The van der Waals surface area contributed by atoms with Crippen LogP contribution in [0.3, 0.4) is 0 Å². The Morgan fingerprint density at radius 1 is 1.28 bits per heavy atom. The van der Waals surface area contributed by atoms with Crippen molar-refractivity contribution in [2.75, 3.05) is 5.73 Å². The van der Waals surface area contributed by atoms with E-state index in [0.717, 1.165) is 27.2 Å². The minimum atomic E-state index is 0.674. The number of H-pyrrole nitrogens is 1. The average molecular weight is 257 g/mol. The fourth-order valence-electron chi connectivity index (χ4n) is 1.73. The molecule has 0 aliphatic heterocycles. The number of nitrogens with zero attached hydrogens (tertiary/aromatic N) is 3. The Morgan fingerprint density at radius 3 is 2.94 bits per heavy atom. The van der Waals surface area contributed by atoms with Gasteiger partial charge in [0.2, 0.25) is 5.16 Å². The summed E-state index contributed by atoms with van der Waals surface area (Å²) in [4.78, 5) is 9.29. The average Bonchev–Trinajstić information content (AvgIpc) is 2.79. The van der Waals surface area contributed by atoms with E-state index >= 15 is 0 Å². The molecule has 0 aliphatic rings. The summed E-state index contributed by atoms with van der Waals surface area (Å²) in [5, 5.41) is 9.61. The zero-order valence-corrected chi connectivity index (χ0v) is 10.5. The molecule has 0 bridgehead atoms. The predicted octanol–water partition coefficient (Wildman–Crippen LogP) is 2.39. The minimum Gasteiger partial charge on any atom is -0.397 e. The summed E-state index contributed by atoms with van der Waals surface area (Å²) >= 11 is 1.45. The Hall–Kier alpha value is -2.08. The molecule has 18 heavy (non-hydrogen) atoms. The Labute approximate surface area is 108 Å². The lowest BCUT2D eigenvalue weighted by Gasteiger charge is -2.06. The van der Waals surface area contributed by atoms with Gasteiger partial charge in [-0.2, -0.15) is 0 Å². The third-order valence-corrected chi connectivity index (χ3v) is 3.54. The molecule has 3 rings (SSSR count). The number of aromatic amines is 1. The van der Waals surface area contributed by atoms with E-state index in [1.165, 1.54) is 11.8 Å². The van der Waals surface area contributed by atoms with Gasteiger partial charge >= 0.3 is 0 Å². The third-order valence-electron chi connectivity index (χ3n) is 2.60.